The molecule has 17 heavy (non-hydrogen) atoms. The highest BCUT2D eigenvalue weighted by Crippen LogP contribution is 2.10. The Hall–Kier alpha value is -1.36. The first-order valence-corrected chi connectivity index (χ1v) is 6.90. The van der Waals surface area contributed by atoms with Crippen LogP contribution >= 0.6 is 0 Å². The third-order valence-electron chi connectivity index (χ3n) is 2.25. The van der Waals surface area contributed by atoms with Crippen molar-refractivity contribution in [2.45, 2.75) is 25.5 Å². The molecule has 0 aliphatic rings. The minimum absolute atomic E-state index is 0.0966. The molecule has 1 unspecified atom stereocenters. The highest BCUT2D eigenvalue weighted by atomic mass is 32.2. The van der Waals surface area contributed by atoms with Crippen molar-refractivity contribution in [3.63, 3.8) is 0 Å². The SMILES string of the molecule is CC(C)S(=O)CCC(=O)Nc1ccc(N)cc1. The molecule has 1 aromatic rings. The largest absolute Gasteiger partial charge is 0.399 e. The Balaban J connectivity index is 2.40. The second-order valence-corrected chi connectivity index (χ2v) is 6.17. The summed E-state index contributed by atoms with van der Waals surface area (Å²) in [6.45, 7) is 3.77. The van der Waals surface area contributed by atoms with Gasteiger partial charge in [0.05, 0.1) is 0 Å². The van der Waals surface area contributed by atoms with Gasteiger partial charge in [-0.25, -0.2) is 0 Å². The van der Waals surface area contributed by atoms with Crippen LogP contribution in [0.4, 0.5) is 11.4 Å². The zero-order valence-corrected chi connectivity index (χ0v) is 10.9. The molecule has 1 aromatic carbocycles. The Morgan fingerprint density at radius 3 is 2.47 bits per heavy atom. The second-order valence-electron chi connectivity index (χ2n) is 4.05. The van der Waals surface area contributed by atoms with Gasteiger partial charge in [0.25, 0.3) is 0 Å². The summed E-state index contributed by atoms with van der Waals surface area (Å²) in [4.78, 5) is 11.5. The molecule has 0 aliphatic heterocycles. The first-order valence-electron chi connectivity index (χ1n) is 5.51. The summed E-state index contributed by atoms with van der Waals surface area (Å²) in [6, 6.07) is 6.93. The van der Waals surface area contributed by atoms with E-state index in [9.17, 15) is 9.00 Å². The summed E-state index contributed by atoms with van der Waals surface area (Å²) in [5.41, 5.74) is 6.90. The summed E-state index contributed by atoms with van der Waals surface area (Å²) in [5.74, 6) is 0.280. The predicted octanol–water partition coefficient (Wildman–Crippen LogP) is 1.75. The third-order valence-corrected chi connectivity index (χ3v) is 3.91. The first kappa shape index (κ1) is 13.7. The highest BCUT2D eigenvalue weighted by molar-refractivity contribution is 7.85. The number of nitrogens with one attached hydrogen (secondary N) is 1. The number of carbonyl (C=O) groups excluding carboxylic acids is 1. The molecular formula is C12H18N2O2S. The number of carbonyl (C=O) groups is 1. The number of nitrogen functional groups attached to an aromatic ring is 1. The predicted molar refractivity (Wildman–Crippen MR) is 72.2 cm³/mol. The van der Waals surface area contributed by atoms with Crippen molar-refractivity contribution in [2.75, 3.05) is 16.8 Å². The van der Waals surface area contributed by atoms with Gasteiger partial charge in [0, 0.05) is 39.6 Å². The molecule has 3 N–H and O–H groups in total. The normalized spacial score (nSPS) is 12.4. The molecule has 0 bridgehead atoms. The van der Waals surface area contributed by atoms with Crippen molar-refractivity contribution in [1.82, 2.24) is 0 Å². The monoisotopic (exact) mass is 254 g/mol. The van der Waals surface area contributed by atoms with Crippen LogP contribution in [0.2, 0.25) is 0 Å². The van der Waals surface area contributed by atoms with Crippen molar-refractivity contribution in [2.24, 2.45) is 0 Å². The number of amides is 1. The van der Waals surface area contributed by atoms with E-state index in [-0.39, 0.29) is 17.6 Å². The van der Waals surface area contributed by atoms with Crippen molar-refractivity contribution in [3.05, 3.63) is 24.3 Å². The van der Waals surface area contributed by atoms with Crippen LogP contribution < -0.4 is 11.1 Å². The molecule has 0 fully saturated rings. The molecular weight excluding hydrogens is 236 g/mol. The van der Waals surface area contributed by atoms with E-state index in [0.29, 0.717) is 17.1 Å². The maximum atomic E-state index is 11.5. The maximum absolute atomic E-state index is 11.5. The zero-order chi connectivity index (χ0) is 12.8. The lowest BCUT2D eigenvalue weighted by Gasteiger charge is -2.07. The van der Waals surface area contributed by atoms with Crippen LogP contribution in [0.15, 0.2) is 24.3 Å². The van der Waals surface area contributed by atoms with Crippen LogP contribution in [0.5, 0.6) is 0 Å². The molecule has 0 radical (unpaired) electrons. The average molecular weight is 254 g/mol. The Morgan fingerprint density at radius 1 is 1.35 bits per heavy atom. The number of hydrogen-bond donors (Lipinski definition) is 2. The molecule has 4 nitrogen and oxygen atoms in total. The van der Waals surface area contributed by atoms with Gasteiger partial charge in [0.15, 0.2) is 0 Å². The zero-order valence-electron chi connectivity index (χ0n) is 10.1. The second kappa shape index (κ2) is 6.39. The van der Waals surface area contributed by atoms with Gasteiger partial charge < -0.3 is 11.1 Å². The van der Waals surface area contributed by atoms with Gasteiger partial charge in [0.1, 0.15) is 0 Å². The molecule has 0 heterocycles. The highest BCUT2D eigenvalue weighted by Gasteiger charge is 2.08. The minimum Gasteiger partial charge on any atom is -0.399 e. The quantitative estimate of drug-likeness (QED) is 0.786. The first-order chi connectivity index (χ1) is 7.99. The number of rotatable bonds is 5. The number of nitrogens with two attached hydrogens (primary N) is 1. The minimum atomic E-state index is -0.935. The van der Waals surface area contributed by atoms with E-state index < -0.39 is 10.8 Å². The summed E-state index contributed by atoms with van der Waals surface area (Å²) in [5, 5.41) is 2.83. The van der Waals surface area contributed by atoms with Crippen LogP contribution in [0, 0.1) is 0 Å². The van der Waals surface area contributed by atoms with Crippen LogP contribution in [0.25, 0.3) is 0 Å². The smallest absolute Gasteiger partial charge is 0.225 e. The molecule has 0 saturated carbocycles. The Bertz CT molecular complexity index is 401. The van der Waals surface area contributed by atoms with Gasteiger partial charge >= 0.3 is 0 Å². The number of hydrogen-bond acceptors (Lipinski definition) is 3. The lowest BCUT2D eigenvalue weighted by atomic mass is 10.3. The molecule has 5 heteroatoms. The number of anilines is 2. The fourth-order valence-corrected chi connectivity index (χ4v) is 2.08. The molecule has 0 aromatic heterocycles. The van der Waals surface area contributed by atoms with Crippen molar-refractivity contribution in [3.8, 4) is 0 Å². The van der Waals surface area contributed by atoms with Gasteiger partial charge in [-0.3, -0.25) is 9.00 Å². The van der Waals surface area contributed by atoms with Crippen molar-refractivity contribution in [1.29, 1.82) is 0 Å². The number of benzene rings is 1. The van der Waals surface area contributed by atoms with Crippen molar-refractivity contribution >= 4 is 28.1 Å². The van der Waals surface area contributed by atoms with Gasteiger partial charge in [-0.05, 0) is 24.3 Å². The van der Waals surface area contributed by atoms with Gasteiger partial charge in [-0.1, -0.05) is 13.8 Å². The molecule has 1 rings (SSSR count). The Kier molecular flexibility index (Phi) is 5.15. The van der Waals surface area contributed by atoms with Crippen molar-refractivity contribution < 1.29 is 9.00 Å². The van der Waals surface area contributed by atoms with E-state index in [1.807, 2.05) is 13.8 Å². The lowest BCUT2D eigenvalue weighted by Crippen LogP contribution is -2.17. The molecule has 1 atom stereocenters. The van der Waals surface area contributed by atoms with Gasteiger partial charge in [-0.15, -0.1) is 0 Å². The van der Waals surface area contributed by atoms with E-state index in [1.54, 1.807) is 24.3 Å². The Morgan fingerprint density at radius 2 is 1.94 bits per heavy atom. The summed E-state index contributed by atoms with van der Waals surface area (Å²) in [6.07, 6.45) is 0.273. The van der Waals surface area contributed by atoms with E-state index in [1.165, 1.54) is 0 Å². The third kappa shape index (κ3) is 4.99. The summed E-state index contributed by atoms with van der Waals surface area (Å²) < 4.78 is 11.5. The van der Waals surface area contributed by atoms with E-state index in [0.717, 1.165) is 0 Å². The van der Waals surface area contributed by atoms with E-state index >= 15 is 0 Å². The standard InChI is InChI=1S/C12H18N2O2S/c1-9(2)17(16)8-7-12(15)14-11-5-3-10(13)4-6-11/h3-6,9H,7-8,13H2,1-2H3,(H,14,15). The fraction of sp³-hybridized carbons (Fsp3) is 0.417. The summed E-state index contributed by atoms with van der Waals surface area (Å²) in [7, 11) is -0.935. The van der Waals surface area contributed by atoms with Crippen LogP contribution in [0.1, 0.15) is 20.3 Å². The van der Waals surface area contributed by atoms with Gasteiger partial charge in [-0.2, -0.15) is 0 Å². The lowest BCUT2D eigenvalue weighted by molar-refractivity contribution is -0.115. The van der Waals surface area contributed by atoms with Crippen LogP contribution in [-0.2, 0) is 15.6 Å². The van der Waals surface area contributed by atoms with Gasteiger partial charge in [0.2, 0.25) is 5.91 Å². The topological polar surface area (TPSA) is 72.2 Å². The van der Waals surface area contributed by atoms with Crippen LogP contribution in [0.3, 0.4) is 0 Å². The Labute approximate surface area is 104 Å². The molecule has 0 aliphatic carbocycles. The van der Waals surface area contributed by atoms with E-state index in [2.05, 4.69) is 5.32 Å². The summed E-state index contributed by atoms with van der Waals surface area (Å²) >= 11 is 0. The maximum Gasteiger partial charge on any atom is 0.225 e. The fourth-order valence-electron chi connectivity index (χ4n) is 1.22. The van der Waals surface area contributed by atoms with Crippen LogP contribution in [-0.4, -0.2) is 21.1 Å². The molecule has 1 amide bonds. The molecule has 0 saturated heterocycles. The molecule has 94 valence electrons. The average Bonchev–Trinajstić information content (AvgIpc) is 2.29. The molecule has 0 spiro atoms. The van der Waals surface area contributed by atoms with E-state index in [4.69, 9.17) is 5.73 Å².